The van der Waals surface area contributed by atoms with Crippen LogP contribution in [0.25, 0.3) is 21.3 Å². The van der Waals surface area contributed by atoms with Gasteiger partial charge in [-0.2, -0.15) is 10.4 Å². The number of hydrogen-bond acceptors (Lipinski definition) is 7. The molecule has 4 aromatic rings. The molecule has 10 heteroatoms. The minimum absolute atomic E-state index is 0.235. The van der Waals surface area contributed by atoms with Crippen molar-refractivity contribution < 1.29 is 4.79 Å². The van der Waals surface area contributed by atoms with Crippen molar-refractivity contribution in [2.75, 3.05) is 5.32 Å². The molecular formula is C21H18N6O2S2. The maximum Gasteiger partial charge on any atom is 0.260 e. The second kappa shape index (κ2) is 8.37. The Bertz CT molecular complexity index is 1380. The Labute approximate surface area is 185 Å². The quantitative estimate of drug-likeness (QED) is 0.354. The first kappa shape index (κ1) is 20.8. The normalized spacial score (nSPS) is 11.9. The highest BCUT2D eigenvalue weighted by Crippen LogP contribution is 2.36. The van der Waals surface area contributed by atoms with Gasteiger partial charge in [-0.1, -0.05) is 42.1 Å². The summed E-state index contributed by atoms with van der Waals surface area (Å²) in [5, 5.41) is 16.2. The van der Waals surface area contributed by atoms with Crippen molar-refractivity contribution in [3.05, 3.63) is 57.3 Å². The second-order valence-electron chi connectivity index (χ2n) is 6.84. The van der Waals surface area contributed by atoms with Gasteiger partial charge in [0.1, 0.15) is 22.3 Å². The van der Waals surface area contributed by atoms with Gasteiger partial charge in [-0.3, -0.25) is 14.3 Å². The van der Waals surface area contributed by atoms with Gasteiger partial charge >= 0.3 is 0 Å². The fraction of sp³-hybridized carbons (Fsp3) is 0.190. The number of hydrogen-bond donors (Lipinski definition) is 2. The van der Waals surface area contributed by atoms with Gasteiger partial charge in [-0.05, 0) is 19.4 Å². The van der Waals surface area contributed by atoms with Crippen LogP contribution in [0.15, 0.2) is 46.5 Å². The lowest BCUT2D eigenvalue weighted by molar-refractivity contribution is -0.115. The summed E-state index contributed by atoms with van der Waals surface area (Å²) in [6.07, 6.45) is 1.39. The molecule has 4 rings (SSSR count). The zero-order chi connectivity index (χ0) is 22.1. The first-order chi connectivity index (χ1) is 14.9. The van der Waals surface area contributed by atoms with Gasteiger partial charge in [0.2, 0.25) is 5.91 Å². The number of aromatic nitrogens is 4. The molecule has 156 valence electrons. The minimum atomic E-state index is -0.559. The average molecular weight is 451 g/mol. The summed E-state index contributed by atoms with van der Waals surface area (Å²) < 4.78 is 1.43. The van der Waals surface area contributed by atoms with Crippen LogP contribution in [0.1, 0.15) is 17.4 Å². The molecule has 0 radical (unpaired) electrons. The summed E-state index contributed by atoms with van der Waals surface area (Å²) >= 11 is 2.60. The Morgan fingerprint density at radius 2 is 2.10 bits per heavy atom. The molecule has 0 aliphatic heterocycles. The van der Waals surface area contributed by atoms with Gasteiger partial charge < -0.3 is 10.3 Å². The Balaban J connectivity index is 1.61. The predicted molar refractivity (Wildman–Crippen MR) is 122 cm³/mol. The first-order valence-corrected chi connectivity index (χ1v) is 11.1. The van der Waals surface area contributed by atoms with E-state index >= 15 is 0 Å². The standard InChI is InChI=1S/C21H18N6O2S2/c1-11-15(13-7-5-4-6-8-13)16-19(29)25-21(26-20(16)30-11)31-12(2)18(28)24-17-14(9-22)10-23-27(17)3/h4-8,10,12H,1-3H3,(H,24,28)(H,25,26,29). The number of aromatic amines is 1. The highest BCUT2D eigenvalue weighted by Gasteiger charge is 2.21. The molecule has 2 N–H and O–H groups in total. The van der Waals surface area contributed by atoms with Crippen LogP contribution in [-0.2, 0) is 11.8 Å². The molecule has 0 fully saturated rings. The van der Waals surface area contributed by atoms with Crippen LogP contribution in [0.4, 0.5) is 5.82 Å². The van der Waals surface area contributed by atoms with Crippen LogP contribution in [0.2, 0.25) is 0 Å². The number of aryl methyl sites for hydroxylation is 2. The fourth-order valence-corrected chi connectivity index (χ4v) is 5.11. The van der Waals surface area contributed by atoms with E-state index in [1.807, 2.05) is 43.3 Å². The van der Waals surface area contributed by atoms with Crippen molar-refractivity contribution in [1.82, 2.24) is 19.7 Å². The number of benzene rings is 1. The highest BCUT2D eigenvalue weighted by atomic mass is 32.2. The van der Waals surface area contributed by atoms with Gasteiger partial charge in [0, 0.05) is 17.5 Å². The van der Waals surface area contributed by atoms with Gasteiger partial charge in [-0.15, -0.1) is 11.3 Å². The third kappa shape index (κ3) is 3.97. The lowest BCUT2D eigenvalue weighted by atomic mass is 10.0. The minimum Gasteiger partial charge on any atom is -0.309 e. The van der Waals surface area contributed by atoms with Crippen LogP contribution in [0.5, 0.6) is 0 Å². The van der Waals surface area contributed by atoms with E-state index in [1.54, 1.807) is 14.0 Å². The fourth-order valence-electron chi connectivity index (χ4n) is 3.21. The molecule has 0 bridgehead atoms. The number of nitriles is 1. The maximum atomic E-state index is 12.9. The van der Waals surface area contributed by atoms with Crippen LogP contribution >= 0.6 is 23.1 Å². The summed E-state index contributed by atoms with van der Waals surface area (Å²) in [6, 6.07) is 11.7. The SMILES string of the molecule is Cc1sc2nc(SC(C)C(=O)Nc3c(C#N)cnn3C)[nH]c(=O)c2c1-c1ccccc1. The number of rotatable bonds is 5. The number of thiophene rings is 1. The van der Waals surface area contributed by atoms with E-state index in [0.717, 1.165) is 27.8 Å². The van der Waals surface area contributed by atoms with Crippen molar-refractivity contribution in [3.63, 3.8) is 0 Å². The molecule has 1 amide bonds. The molecule has 0 saturated carbocycles. The summed E-state index contributed by atoms with van der Waals surface area (Å²) in [4.78, 5) is 34.6. The van der Waals surface area contributed by atoms with E-state index in [0.29, 0.717) is 21.2 Å². The van der Waals surface area contributed by atoms with Crippen LogP contribution in [0, 0.1) is 18.3 Å². The number of anilines is 1. The molecule has 0 aliphatic rings. The predicted octanol–water partition coefficient (Wildman–Crippen LogP) is 3.68. The van der Waals surface area contributed by atoms with E-state index in [-0.39, 0.29) is 17.0 Å². The molecule has 3 aromatic heterocycles. The summed E-state index contributed by atoms with van der Waals surface area (Å²) in [5.41, 5.74) is 1.90. The number of carbonyl (C=O) groups is 1. The smallest absolute Gasteiger partial charge is 0.260 e. The number of nitrogens with zero attached hydrogens (tertiary/aromatic N) is 4. The largest absolute Gasteiger partial charge is 0.309 e. The van der Waals surface area contributed by atoms with Crippen molar-refractivity contribution in [2.24, 2.45) is 7.05 Å². The van der Waals surface area contributed by atoms with Crippen molar-refractivity contribution >= 4 is 45.0 Å². The van der Waals surface area contributed by atoms with E-state index in [2.05, 4.69) is 20.4 Å². The third-order valence-corrected chi connectivity index (χ3v) is 6.72. The van der Waals surface area contributed by atoms with Gasteiger partial charge in [0.25, 0.3) is 5.56 Å². The van der Waals surface area contributed by atoms with E-state index in [1.165, 1.54) is 22.2 Å². The van der Waals surface area contributed by atoms with Gasteiger partial charge in [-0.25, -0.2) is 4.98 Å². The number of thioether (sulfide) groups is 1. The van der Waals surface area contributed by atoms with Gasteiger partial charge in [0.15, 0.2) is 5.16 Å². The number of fused-ring (bicyclic) bond motifs is 1. The highest BCUT2D eigenvalue weighted by molar-refractivity contribution is 8.00. The Morgan fingerprint density at radius 1 is 1.35 bits per heavy atom. The maximum absolute atomic E-state index is 12.9. The zero-order valence-electron chi connectivity index (χ0n) is 17.0. The number of carbonyl (C=O) groups excluding carboxylic acids is 1. The van der Waals surface area contributed by atoms with Crippen molar-refractivity contribution in [3.8, 4) is 17.2 Å². The molecule has 1 unspecified atom stereocenters. The topological polar surface area (TPSA) is 116 Å². The second-order valence-corrected chi connectivity index (χ2v) is 9.37. The molecule has 1 atom stereocenters. The van der Waals surface area contributed by atoms with Crippen molar-refractivity contribution in [2.45, 2.75) is 24.3 Å². The number of nitrogens with one attached hydrogen (secondary N) is 2. The Hall–Kier alpha value is -3.42. The van der Waals surface area contributed by atoms with Gasteiger partial charge in [0.05, 0.1) is 16.8 Å². The molecule has 1 aromatic carbocycles. The van der Waals surface area contributed by atoms with Crippen molar-refractivity contribution in [1.29, 1.82) is 5.26 Å². The van der Waals surface area contributed by atoms with Crippen LogP contribution in [0.3, 0.4) is 0 Å². The summed E-state index contributed by atoms with van der Waals surface area (Å²) in [7, 11) is 1.64. The molecule has 31 heavy (non-hydrogen) atoms. The average Bonchev–Trinajstić information content (AvgIpc) is 3.27. The molecule has 0 spiro atoms. The van der Waals surface area contributed by atoms with Crippen LogP contribution in [-0.4, -0.2) is 30.9 Å². The molecule has 3 heterocycles. The van der Waals surface area contributed by atoms with E-state index in [9.17, 15) is 9.59 Å². The number of H-pyrrole nitrogens is 1. The lowest BCUT2D eigenvalue weighted by Crippen LogP contribution is -2.25. The molecular weight excluding hydrogens is 432 g/mol. The molecule has 0 saturated heterocycles. The molecule has 8 nitrogen and oxygen atoms in total. The monoisotopic (exact) mass is 450 g/mol. The zero-order valence-corrected chi connectivity index (χ0v) is 18.6. The lowest BCUT2D eigenvalue weighted by Gasteiger charge is -2.11. The Kier molecular flexibility index (Phi) is 5.63. The van der Waals surface area contributed by atoms with E-state index in [4.69, 9.17) is 5.26 Å². The first-order valence-electron chi connectivity index (χ1n) is 9.37. The number of amides is 1. The van der Waals surface area contributed by atoms with E-state index < -0.39 is 5.25 Å². The summed E-state index contributed by atoms with van der Waals surface area (Å²) in [6.45, 7) is 3.68. The third-order valence-electron chi connectivity index (χ3n) is 4.74. The summed E-state index contributed by atoms with van der Waals surface area (Å²) in [5.74, 6) is 0.0124. The molecule has 0 aliphatic carbocycles. The van der Waals surface area contributed by atoms with Crippen LogP contribution < -0.4 is 10.9 Å². The Morgan fingerprint density at radius 3 is 2.81 bits per heavy atom.